The Hall–Kier alpha value is -3.42. The summed E-state index contributed by atoms with van der Waals surface area (Å²) in [7, 11) is 3.12. The number of hydrogen-bond acceptors (Lipinski definition) is 5. The van der Waals surface area contributed by atoms with Crippen molar-refractivity contribution in [3.8, 4) is 11.5 Å². The van der Waals surface area contributed by atoms with Gasteiger partial charge in [0, 0.05) is 18.4 Å². The number of aromatic nitrogens is 1. The highest BCUT2D eigenvalue weighted by molar-refractivity contribution is 6.01. The first kappa shape index (κ1) is 18.4. The molecular formula is C19H21N3O5. The van der Waals surface area contributed by atoms with Crippen molar-refractivity contribution in [3.05, 3.63) is 48.0 Å². The largest absolute Gasteiger partial charge is 0.496 e. The Kier molecular flexibility index (Phi) is 5.65. The molecule has 3 rings (SSSR count). The highest BCUT2D eigenvalue weighted by atomic mass is 16.5. The summed E-state index contributed by atoms with van der Waals surface area (Å²) in [5.41, 5.74) is 1.04. The molecule has 8 nitrogen and oxygen atoms in total. The van der Waals surface area contributed by atoms with Gasteiger partial charge in [-0.1, -0.05) is 0 Å². The van der Waals surface area contributed by atoms with Gasteiger partial charge in [0.25, 0.3) is 5.91 Å². The van der Waals surface area contributed by atoms with Gasteiger partial charge in [0.05, 0.1) is 32.5 Å². The fourth-order valence-electron chi connectivity index (χ4n) is 2.71. The molecule has 8 heteroatoms. The second-order valence-corrected chi connectivity index (χ2v) is 5.80. The molecule has 3 aromatic rings. The first-order valence-corrected chi connectivity index (χ1v) is 8.43. The normalized spacial score (nSPS) is 10.6. The number of furan rings is 1. The van der Waals surface area contributed by atoms with Crippen molar-refractivity contribution in [2.24, 2.45) is 0 Å². The van der Waals surface area contributed by atoms with Crippen molar-refractivity contribution in [3.63, 3.8) is 0 Å². The monoisotopic (exact) mass is 371 g/mol. The fraction of sp³-hybridized carbons (Fsp3) is 0.263. The zero-order valence-corrected chi connectivity index (χ0v) is 15.1. The minimum Gasteiger partial charge on any atom is -0.496 e. The molecule has 0 fully saturated rings. The molecule has 142 valence electrons. The van der Waals surface area contributed by atoms with E-state index in [1.807, 2.05) is 0 Å². The smallest absolute Gasteiger partial charge is 0.267 e. The van der Waals surface area contributed by atoms with Crippen LogP contribution in [-0.4, -0.2) is 37.6 Å². The van der Waals surface area contributed by atoms with E-state index in [1.165, 1.54) is 0 Å². The molecule has 0 spiro atoms. The van der Waals surface area contributed by atoms with Crippen molar-refractivity contribution >= 4 is 22.7 Å². The second kappa shape index (κ2) is 8.31. The number of rotatable bonds is 8. The Balaban J connectivity index is 1.57. The summed E-state index contributed by atoms with van der Waals surface area (Å²) < 4.78 is 15.8. The highest BCUT2D eigenvalue weighted by Gasteiger charge is 2.15. The van der Waals surface area contributed by atoms with Gasteiger partial charge in [0.2, 0.25) is 5.91 Å². The molecule has 27 heavy (non-hydrogen) atoms. The van der Waals surface area contributed by atoms with Crippen LogP contribution in [0.5, 0.6) is 11.5 Å². The van der Waals surface area contributed by atoms with Crippen molar-refractivity contribution in [2.45, 2.75) is 13.0 Å². The van der Waals surface area contributed by atoms with E-state index < -0.39 is 0 Å². The summed E-state index contributed by atoms with van der Waals surface area (Å²) in [6, 6.07) is 8.78. The zero-order valence-electron chi connectivity index (χ0n) is 15.1. The maximum Gasteiger partial charge on any atom is 0.267 e. The number of carbonyl (C=O) groups excluding carboxylic acids is 2. The van der Waals surface area contributed by atoms with Crippen LogP contribution in [0.1, 0.15) is 22.7 Å². The Bertz CT molecular complexity index is 889. The number of ether oxygens (including phenoxy) is 2. The van der Waals surface area contributed by atoms with Crippen LogP contribution in [0.3, 0.4) is 0 Å². The van der Waals surface area contributed by atoms with Crippen LogP contribution < -0.4 is 20.1 Å². The van der Waals surface area contributed by atoms with E-state index in [9.17, 15) is 9.59 Å². The Labute approximate surface area is 155 Å². The van der Waals surface area contributed by atoms with Gasteiger partial charge in [-0.2, -0.15) is 0 Å². The van der Waals surface area contributed by atoms with E-state index >= 15 is 0 Å². The molecule has 0 aliphatic heterocycles. The van der Waals surface area contributed by atoms with Gasteiger partial charge in [-0.05, 0) is 30.3 Å². The lowest BCUT2D eigenvalue weighted by Gasteiger charge is -2.05. The van der Waals surface area contributed by atoms with Crippen LogP contribution in [0, 0.1) is 0 Å². The molecule has 0 atom stereocenters. The van der Waals surface area contributed by atoms with Gasteiger partial charge in [-0.3, -0.25) is 9.59 Å². The molecule has 0 saturated heterocycles. The van der Waals surface area contributed by atoms with E-state index in [0.717, 1.165) is 5.39 Å². The number of benzene rings is 1. The summed E-state index contributed by atoms with van der Waals surface area (Å²) >= 11 is 0. The highest BCUT2D eigenvalue weighted by Crippen LogP contribution is 2.33. The van der Waals surface area contributed by atoms with E-state index in [-0.39, 0.29) is 24.8 Å². The number of fused-ring (bicyclic) bond motifs is 1. The minimum absolute atomic E-state index is 0.166. The lowest BCUT2D eigenvalue weighted by molar-refractivity contribution is -0.121. The maximum atomic E-state index is 12.4. The molecule has 0 bridgehead atoms. The molecule has 0 aliphatic rings. The molecular weight excluding hydrogens is 350 g/mol. The number of hydrogen-bond donors (Lipinski definition) is 3. The fourth-order valence-corrected chi connectivity index (χ4v) is 2.71. The van der Waals surface area contributed by atoms with Crippen LogP contribution in [0.4, 0.5) is 0 Å². The Morgan fingerprint density at radius 2 is 1.89 bits per heavy atom. The van der Waals surface area contributed by atoms with Crippen molar-refractivity contribution in [1.29, 1.82) is 0 Å². The Morgan fingerprint density at radius 3 is 2.59 bits per heavy atom. The van der Waals surface area contributed by atoms with Gasteiger partial charge >= 0.3 is 0 Å². The third kappa shape index (κ3) is 4.22. The van der Waals surface area contributed by atoms with Gasteiger partial charge in [-0.15, -0.1) is 0 Å². The molecule has 2 heterocycles. The van der Waals surface area contributed by atoms with Gasteiger partial charge < -0.3 is 29.5 Å². The van der Waals surface area contributed by atoms with Crippen LogP contribution >= 0.6 is 0 Å². The summed E-state index contributed by atoms with van der Waals surface area (Å²) in [6.07, 6.45) is 1.71. The zero-order chi connectivity index (χ0) is 19.2. The SMILES string of the molecule is COc1ccc(OC)c2[nH]c(C(=O)NCCC(=O)NCc3ccco3)cc12. The van der Waals surface area contributed by atoms with Crippen LogP contribution in [0.2, 0.25) is 0 Å². The van der Waals surface area contributed by atoms with Crippen LogP contribution in [-0.2, 0) is 11.3 Å². The first-order chi connectivity index (χ1) is 13.1. The number of carbonyl (C=O) groups is 2. The Morgan fingerprint density at radius 1 is 1.11 bits per heavy atom. The van der Waals surface area contributed by atoms with Crippen LogP contribution in [0.25, 0.3) is 10.9 Å². The third-order valence-corrected chi connectivity index (χ3v) is 4.08. The topological polar surface area (TPSA) is 106 Å². The van der Waals surface area contributed by atoms with E-state index in [1.54, 1.807) is 50.8 Å². The summed E-state index contributed by atoms with van der Waals surface area (Å²) in [6.45, 7) is 0.536. The molecule has 1 aromatic carbocycles. The summed E-state index contributed by atoms with van der Waals surface area (Å²) in [4.78, 5) is 27.2. The number of nitrogens with one attached hydrogen (secondary N) is 3. The lowest BCUT2D eigenvalue weighted by Crippen LogP contribution is -2.30. The standard InChI is InChI=1S/C19H21N3O5/c1-25-15-5-6-16(26-2)18-13(15)10-14(22-18)19(24)20-8-7-17(23)21-11-12-4-3-9-27-12/h3-6,9-10,22H,7-8,11H2,1-2H3,(H,20,24)(H,21,23). The van der Waals surface area contributed by atoms with Gasteiger partial charge in [0.1, 0.15) is 23.0 Å². The van der Waals surface area contributed by atoms with E-state index in [2.05, 4.69) is 15.6 Å². The molecule has 0 unspecified atom stereocenters. The molecule has 0 aliphatic carbocycles. The van der Waals surface area contributed by atoms with Crippen molar-refractivity contribution in [1.82, 2.24) is 15.6 Å². The molecule has 3 N–H and O–H groups in total. The molecule has 2 aromatic heterocycles. The summed E-state index contributed by atoms with van der Waals surface area (Å²) in [5.74, 6) is 1.44. The van der Waals surface area contributed by atoms with Gasteiger partial charge in [0.15, 0.2) is 0 Å². The van der Waals surface area contributed by atoms with Crippen molar-refractivity contribution in [2.75, 3.05) is 20.8 Å². The number of aromatic amines is 1. The maximum absolute atomic E-state index is 12.4. The predicted octanol–water partition coefficient (Wildman–Crippen LogP) is 2.21. The quantitative estimate of drug-likeness (QED) is 0.563. The van der Waals surface area contributed by atoms with E-state index in [0.29, 0.717) is 35.0 Å². The molecule has 2 amide bonds. The van der Waals surface area contributed by atoms with Crippen molar-refractivity contribution < 1.29 is 23.5 Å². The number of H-pyrrole nitrogens is 1. The predicted molar refractivity (Wildman–Crippen MR) is 98.9 cm³/mol. The second-order valence-electron chi connectivity index (χ2n) is 5.80. The average Bonchev–Trinajstić information content (AvgIpc) is 3.35. The van der Waals surface area contributed by atoms with E-state index in [4.69, 9.17) is 13.9 Å². The average molecular weight is 371 g/mol. The lowest BCUT2D eigenvalue weighted by atomic mass is 10.2. The number of methoxy groups -OCH3 is 2. The first-order valence-electron chi connectivity index (χ1n) is 8.43. The summed E-state index contributed by atoms with van der Waals surface area (Å²) in [5, 5.41) is 6.20. The molecule has 0 radical (unpaired) electrons. The third-order valence-electron chi connectivity index (χ3n) is 4.08. The molecule has 0 saturated carbocycles. The minimum atomic E-state index is -0.311. The van der Waals surface area contributed by atoms with Gasteiger partial charge in [-0.25, -0.2) is 0 Å². The number of amides is 2. The van der Waals surface area contributed by atoms with Crippen LogP contribution in [0.15, 0.2) is 41.0 Å².